The summed E-state index contributed by atoms with van der Waals surface area (Å²) in [5, 5.41) is 3.55. The number of nitrogens with one attached hydrogen (secondary N) is 1. The molecule has 118 valence electrons. The molecule has 0 radical (unpaired) electrons. The molecule has 0 atom stereocenters. The van der Waals surface area contributed by atoms with Crippen molar-refractivity contribution in [1.29, 1.82) is 0 Å². The third-order valence-electron chi connectivity index (χ3n) is 3.94. The summed E-state index contributed by atoms with van der Waals surface area (Å²) in [7, 11) is 0. The Balaban J connectivity index is 2.12. The molecule has 1 aliphatic rings. The fourth-order valence-electron chi connectivity index (χ4n) is 2.77. The third kappa shape index (κ3) is 4.99. The molecule has 1 aliphatic carbocycles. The summed E-state index contributed by atoms with van der Waals surface area (Å²) in [5.41, 5.74) is 2.62. The molecule has 1 aromatic heterocycles. The van der Waals surface area contributed by atoms with Crippen LogP contribution in [0.15, 0.2) is 12.1 Å². The molecular formula is C18H31N3. The molecule has 21 heavy (non-hydrogen) atoms. The maximum absolute atomic E-state index is 4.90. The van der Waals surface area contributed by atoms with Crippen LogP contribution in [0.1, 0.15) is 58.2 Å². The van der Waals surface area contributed by atoms with Gasteiger partial charge in [-0.05, 0) is 56.3 Å². The highest BCUT2D eigenvalue weighted by Crippen LogP contribution is 2.31. The second-order valence-electron chi connectivity index (χ2n) is 6.62. The van der Waals surface area contributed by atoms with Crippen molar-refractivity contribution in [2.75, 3.05) is 18.0 Å². The van der Waals surface area contributed by atoms with E-state index in [9.17, 15) is 0 Å². The van der Waals surface area contributed by atoms with Crippen molar-refractivity contribution in [3.05, 3.63) is 23.4 Å². The predicted octanol–water partition coefficient (Wildman–Crippen LogP) is 3.77. The van der Waals surface area contributed by atoms with E-state index >= 15 is 0 Å². The summed E-state index contributed by atoms with van der Waals surface area (Å²) >= 11 is 0. The molecule has 0 unspecified atom stereocenters. The standard InChI is InChI=1S/C18H31N3/c1-5-7-16-10-15(13-19-12-14(3)4)11-18(20-16)21(6-2)17-8-9-17/h10-11,14,17,19H,5-9,12-13H2,1-4H3. The van der Waals surface area contributed by atoms with Crippen LogP contribution in [0.2, 0.25) is 0 Å². The maximum Gasteiger partial charge on any atom is 0.129 e. The highest BCUT2D eigenvalue weighted by molar-refractivity contribution is 5.45. The topological polar surface area (TPSA) is 28.2 Å². The fourth-order valence-corrected chi connectivity index (χ4v) is 2.77. The van der Waals surface area contributed by atoms with Crippen LogP contribution in [0.25, 0.3) is 0 Å². The third-order valence-corrected chi connectivity index (χ3v) is 3.94. The summed E-state index contributed by atoms with van der Waals surface area (Å²) in [6.07, 6.45) is 4.89. The Morgan fingerprint density at radius 2 is 2.05 bits per heavy atom. The zero-order chi connectivity index (χ0) is 15.2. The minimum atomic E-state index is 0.694. The van der Waals surface area contributed by atoms with Gasteiger partial charge in [0.25, 0.3) is 0 Å². The minimum Gasteiger partial charge on any atom is -0.354 e. The molecule has 0 spiro atoms. The first-order valence-electron chi connectivity index (χ1n) is 8.61. The lowest BCUT2D eigenvalue weighted by Crippen LogP contribution is -2.27. The molecule has 0 aliphatic heterocycles. The number of hydrogen-bond donors (Lipinski definition) is 1. The second kappa shape index (κ2) is 7.79. The lowest BCUT2D eigenvalue weighted by atomic mass is 10.1. The van der Waals surface area contributed by atoms with Crippen molar-refractivity contribution in [1.82, 2.24) is 10.3 Å². The Labute approximate surface area is 130 Å². The van der Waals surface area contributed by atoms with Crippen LogP contribution in [0.5, 0.6) is 0 Å². The molecule has 1 saturated carbocycles. The molecular weight excluding hydrogens is 258 g/mol. The van der Waals surface area contributed by atoms with E-state index in [1.165, 1.54) is 29.9 Å². The van der Waals surface area contributed by atoms with Crippen LogP contribution < -0.4 is 10.2 Å². The molecule has 0 saturated heterocycles. The van der Waals surface area contributed by atoms with Gasteiger partial charge in [0.15, 0.2) is 0 Å². The number of hydrogen-bond acceptors (Lipinski definition) is 3. The van der Waals surface area contributed by atoms with E-state index in [2.05, 4.69) is 50.0 Å². The first kappa shape index (κ1) is 16.3. The van der Waals surface area contributed by atoms with Crippen molar-refractivity contribution in [3.8, 4) is 0 Å². The van der Waals surface area contributed by atoms with E-state index in [1.807, 2.05) is 0 Å². The highest BCUT2D eigenvalue weighted by Gasteiger charge is 2.29. The van der Waals surface area contributed by atoms with Crippen LogP contribution in [0.4, 0.5) is 5.82 Å². The van der Waals surface area contributed by atoms with Gasteiger partial charge in [-0.15, -0.1) is 0 Å². The van der Waals surface area contributed by atoms with Gasteiger partial charge in [0.2, 0.25) is 0 Å². The smallest absolute Gasteiger partial charge is 0.129 e. The molecule has 1 N–H and O–H groups in total. The molecule has 3 nitrogen and oxygen atoms in total. The van der Waals surface area contributed by atoms with Gasteiger partial charge in [0.1, 0.15) is 5.82 Å². The van der Waals surface area contributed by atoms with Crippen LogP contribution in [0, 0.1) is 5.92 Å². The lowest BCUT2D eigenvalue weighted by molar-refractivity contribution is 0.552. The second-order valence-corrected chi connectivity index (χ2v) is 6.62. The Bertz CT molecular complexity index is 438. The van der Waals surface area contributed by atoms with E-state index in [-0.39, 0.29) is 0 Å². The normalized spacial score (nSPS) is 14.7. The molecule has 1 fully saturated rings. The number of aryl methyl sites for hydroxylation is 1. The van der Waals surface area contributed by atoms with Gasteiger partial charge in [-0.1, -0.05) is 27.2 Å². The summed E-state index contributed by atoms with van der Waals surface area (Å²) in [6.45, 7) is 12.0. The molecule has 2 rings (SSSR count). The SMILES string of the molecule is CCCc1cc(CNCC(C)C)cc(N(CC)C2CC2)n1. The molecule has 3 heteroatoms. The van der Waals surface area contributed by atoms with Crippen LogP contribution in [-0.2, 0) is 13.0 Å². The van der Waals surface area contributed by atoms with E-state index < -0.39 is 0 Å². The number of rotatable bonds is 9. The van der Waals surface area contributed by atoms with Gasteiger partial charge in [0, 0.05) is 24.8 Å². The van der Waals surface area contributed by atoms with Crippen molar-refractivity contribution in [2.45, 2.75) is 66.0 Å². The minimum absolute atomic E-state index is 0.694. The zero-order valence-electron chi connectivity index (χ0n) is 14.2. The summed E-state index contributed by atoms with van der Waals surface area (Å²) in [5.74, 6) is 1.88. The number of anilines is 1. The van der Waals surface area contributed by atoms with E-state index in [1.54, 1.807) is 0 Å². The van der Waals surface area contributed by atoms with Crippen LogP contribution >= 0.6 is 0 Å². The van der Waals surface area contributed by atoms with Gasteiger partial charge in [-0.3, -0.25) is 0 Å². The Hall–Kier alpha value is -1.09. The Kier molecular flexibility index (Phi) is 6.04. The van der Waals surface area contributed by atoms with Gasteiger partial charge >= 0.3 is 0 Å². The number of aromatic nitrogens is 1. The quantitative estimate of drug-likeness (QED) is 0.750. The molecule has 0 bridgehead atoms. The molecule has 1 aromatic rings. The van der Waals surface area contributed by atoms with Gasteiger partial charge in [-0.2, -0.15) is 0 Å². The van der Waals surface area contributed by atoms with Crippen molar-refractivity contribution in [2.24, 2.45) is 5.92 Å². The molecule has 0 amide bonds. The fraction of sp³-hybridized carbons (Fsp3) is 0.722. The molecule has 0 aromatic carbocycles. The van der Waals surface area contributed by atoms with E-state index in [0.29, 0.717) is 5.92 Å². The van der Waals surface area contributed by atoms with Gasteiger partial charge in [0.05, 0.1) is 0 Å². The van der Waals surface area contributed by atoms with Crippen molar-refractivity contribution < 1.29 is 0 Å². The van der Waals surface area contributed by atoms with Gasteiger partial charge in [-0.25, -0.2) is 4.98 Å². The van der Waals surface area contributed by atoms with E-state index in [0.717, 1.165) is 38.5 Å². The number of nitrogens with zero attached hydrogens (tertiary/aromatic N) is 2. The summed E-state index contributed by atoms with van der Waals surface area (Å²) in [4.78, 5) is 7.37. The van der Waals surface area contributed by atoms with Crippen LogP contribution in [0.3, 0.4) is 0 Å². The first-order chi connectivity index (χ1) is 10.1. The van der Waals surface area contributed by atoms with Crippen molar-refractivity contribution >= 4 is 5.82 Å². The highest BCUT2D eigenvalue weighted by atomic mass is 15.2. The summed E-state index contributed by atoms with van der Waals surface area (Å²) < 4.78 is 0. The predicted molar refractivity (Wildman–Crippen MR) is 90.8 cm³/mol. The number of pyridine rings is 1. The van der Waals surface area contributed by atoms with E-state index in [4.69, 9.17) is 4.98 Å². The first-order valence-corrected chi connectivity index (χ1v) is 8.61. The Morgan fingerprint density at radius 1 is 1.29 bits per heavy atom. The van der Waals surface area contributed by atoms with Crippen LogP contribution in [-0.4, -0.2) is 24.1 Å². The average molecular weight is 289 g/mol. The zero-order valence-corrected chi connectivity index (χ0v) is 14.2. The monoisotopic (exact) mass is 289 g/mol. The Morgan fingerprint density at radius 3 is 2.62 bits per heavy atom. The average Bonchev–Trinajstić information content (AvgIpc) is 3.24. The maximum atomic E-state index is 4.90. The van der Waals surface area contributed by atoms with Gasteiger partial charge < -0.3 is 10.2 Å². The lowest BCUT2D eigenvalue weighted by Gasteiger charge is -2.23. The summed E-state index contributed by atoms with van der Waals surface area (Å²) in [6, 6.07) is 5.30. The molecule has 1 heterocycles. The van der Waals surface area contributed by atoms with Crippen molar-refractivity contribution in [3.63, 3.8) is 0 Å². The largest absolute Gasteiger partial charge is 0.354 e.